The second-order valence-corrected chi connectivity index (χ2v) is 9.91. The number of hydrogen-bond donors (Lipinski definition) is 1. The molecule has 7 nitrogen and oxygen atoms in total. The van der Waals surface area contributed by atoms with Crippen LogP contribution in [-0.4, -0.2) is 40.0 Å². The molecule has 2 amide bonds. The van der Waals surface area contributed by atoms with Crippen LogP contribution in [0.25, 0.3) is 0 Å². The lowest BCUT2D eigenvalue weighted by Crippen LogP contribution is -2.51. The molecule has 0 unspecified atom stereocenters. The van der Waals surface area contributed by atoms with Crippen molar-refractivity contribution in [1.82, 2.24) is 10.2 Å². The number of nitrogens with zero attached hydrogens (tertiary/aromatic N) is 2. The van der Waals surface area contributed by atoms with Gasteiger partial charge in [0, 0.05) is 37.4 Å². The maximum absolute atomic E-state index is 13.6. The molecule has 3 aromatic carbocycles. The first kappa shape index (κ1) is 27.9. The highest BCUT2D eigenvalue weighted by molar-refractivity contribution is 7.99. The summed E-state index contributed by atoms with van der Waals surface area (Å²) < 4.78 is 0. The molecule has 8 heteroatoms. The van der Waals surface area contributed by atoms with E-state index < -0.39 is 11.0 Å². The predicted molar refractivity (Wildman–Crippen MR) is 148 cm³/mol. The van der Waals surface area contributed by atoms with Crippen molar-refractivity contribution in [2.45, 2.75) is 45.0 Å². The Hall–Kier alpha value is -3.65. The van der Waals surface area contributed by atoms with Gasteiger partial charge in [-0.1, -0.05) is 79.2 Å². The number of nitro groups is 1. The van der Waals surface area contributed by atoms with Gasteiger partial charge in [0.1, 0.15) is 6.04 Å². The van der Waals surface area contributed by atoms with E-state index in [-0.39, 0.29) is 23.3 Å². The molecule has 0 aliphatic heterocycles. The summed E-state index contributed by atoms with van der Waals surface area (Å²) in [5, 5.41) is 13.9. The van der Waals surface area contributed by atoms with Crippen LogP contribution in [0, 0.1) is 17.0 Å². The average Bonchev–Trinajstić information content (AvgIpc) is 2.90. The van der Waals surface area contributed by atoms with Crippen molar-refractivity contribution in [2.75, 3.05) is 12.3 Å². The number of hydrogen-bond acceptors (Lipinski definition) is 5. The van der Waals surface area contributed by atoms with Crippen LogP contribution < -0.4 is 5.32 Å². The lowest BCUT2D eigenvalue weighted by molar-refractivity contribution is -0.384. The third kappa shape index (κ3) is 8.75. The minimum absolute atomic E-state index is 0.0380. The van der Waals surface area contributed by atoms with Gasteiger partial charge in [-0.15, -0.1) is 11.8 Å². The summed E-state index contributed by atoms with van der Waals surface area (Å²) in [6, 6.07) is 23.4. The Labute approximate surface area is 222 Å². The molecular weight excluding hydrogens is 486 g/mol. The molecule has 194 valence electrons. The Morgan fingerprint density at radius 2 is 1.68 bits per heavy atom. The molecule has 0 saturated carbocycles. The number of nitro benzene ring substituents is 1. The highest BCUT2D eigenvalue weighted by atomic mass is 32.2. The van der Waals surface area contributed by atoms with E-state index in [4.69, 9.17) is 0 Å². The van der Waals surface area contributed by atoms with Crippen LogP contribution in [0.1, 0.15) is 35.6 Å². The van der Waals surface area contributed by atoms with Gasteiger partial charge in [0.25, 0.3) is 5.69 Å². The fraction of sp³-hybridized carbons (Fsp3) is 0.310. The molecule has 3 rings (SSSR count). The predicted octanol–water partition coefficient (Wildman–Crippen LogP) is 5.30. The second-order valence-electron chi connectivity index (χ2n) is 8.92. The lowest BCUT2D eigenvalue weighted by atomic mass is 10.0. The molecule has 0 heterocycles. The number of rotatable bonds is 13. The molecule has 0 aliphatic carbocycles. The first-order chi connectivity index (χ1) is 17.9. The normalized spacial score (nSPS) is 11.5. The number of carbonyl (C=O) groups excluding carboxylic acids is 2. The van der Waals surface area contributed by atoms with Gasteiger partial charge in [0.05, 0.1) is 10.7 Å². The van der Waals surface area contributed by atoms with E-state index in [1.807, 2.05) is 68.4 Å². The van der Waals surface area contributed by atoms with Crippen LogP contribution >= 0.6 is 11.8 Å². The van der Waals surface area contributed by atoms with E-state index in [0.29, 0.717) is 25.3 Å². The fourth-order valence-corrected chi connectivity index (χ4v) is 4.85. The summed E-state index contributed by atoms with van der Waals surface area (Å²) in [6.07, 6.45) is 1.22. The molecule has 0 fully saturated rings. The summed E-state index contributed by atoms with van der Waals surface area (Å²) in [4.78, 5) is 39.1. The number of carbonyl (C=O) groups is 2. The van der Waals surface area contributed by atoms with Crippen LogP contribution in [0.2, 0.25) is 0 Å². The second kappa shape index (κ2) is 14.2. The molecule has 3 aromatic rings. The topological polar surface area (TPSA) is 92.6 Å². The zero-order chi connectivity index (χ0) is 26.6. The monoisotopic (exact) mass is 519 g/mol. The van der Waals surface area contributed by atoms with Gasteiger partial charge in [-0.2, -0.15) is 0 Å². The number of benzene rings is 3. The summed E-state index contributed by atoms with van der Waals surface area (Å²) >= 11 is 1.43. The van der Waals surface area contributed by atoms with Gasteiger partial charge in [-0.05, 0) is 30.0 Å². The Kier molecular flexibility index (Phi) is 10.7. The maximum Gasteiger partial charge on any atom is 0.269 e. The highest BCUT2D eigenvalue weighted by Gasteiger charge is 2.30. The quantitative estimate of drug-likeness (QED) is 0.244. The molecule has 0 aliphatic rings. The number of non-ortho nitro benzene ring substituents is 1. The van der Waals surface area contributed by atoms with Crippen molar-refractivity contribution >= 4 is 29.3 Å². The first-order valence-corrected chi connectivity index (χ1v) is 13.5. The third-order valence-corrected chi connectivity index (χ3v) is 6.89. The molecule has 0 bridgehead atoms. The van der Waals surface area contributed by atoms with E-state index in [1.165, 1.54) is 23.9 Å². The Morgan fingerprint density at radius 3 is 2.32 bits per heavy atom. The molecule has 1 N–H and O–H groups in total. The molecule has 37 heavy (non-hydrogen) atoms. The molecular formula is C29H33N3O4S. The van der Waals surface area contributed by atoms with E-state index >= 15 is 0 Å². The van der Waals surface area contributed by atoms with Crippen LogP contribution in [0.15, 0.2) is 78.9 Å². The van der Waals surface area contributed by atoms with Crippen LogP contribution in [0.3, 0.4) is 0 Å². The van der Waals surface area contributed by atoms with E-state index in [1.54, 1.807) is 17.0 Å². The Morgan fingerprint density at radius 1 is 0.973 bits per heavy atom. The minimum Gasteiger partial charge on any atom is -0.354 e. The average molecular weight is 520 g/mol. The van der Waals surface area contributed by atoms with Gasteiger partial charge in [0.2, 0.25) is 11.8 Å². The van der Waals surface area contributed by atoms with Crippen molar-refractivity contribution < 1.29 is 14.5 Å². The molecule has 0 aromatic heterocycles. The molecule has 1 atom stereocenters. The lowest BCUT2D eigenvalue weighted by Gasteiger charge is -2.31. The number of aryl methyl sites for hydroxylation is 1. The standard InChI is InChI=1S/C29H33N3O4S/c1-3-16-30-29(34)27(18-23-9-5-4-6-10-23)31(19-25-11-7-8-22(2)17-25)28(33)21-37-20-24-12-14-26(15-13-24)32(35)36/h4-15,17,27H,3,16,18-21H2,1-2H3,(H,30,34)/t27-/m1/s1. The van der Waals surface area contributed by atoms with Gasteiger partial charge >= 0.3 is 0 Å². The van der Waals surface area contributed by atoms with Crippen LogP contribution in [0.5, 0.6) is 0 Å². The zero-order valence-corrected chi connectivity index (χ0v) is 22.1. The molecule has 0 spiro atoms. The fourth-order valence-electron chi connectivity index (χ4n) is 3.98. The van der Waals surface area contributed by atoms with E-state index in [2.05, 4.69) is 5.32 Å². The van der Waals surface area contributed by atoms with Gasteiger partial charge in [-0.25, -0.2) is 0 Å². The highest BCUT2D eigenvalue weighted by Crippen LogP contribution is 2.20. The third-order valence-electron chi connectivity index (χ3n) is 5.90. The summed E-state index contributed by atoms with van der Waals surface area (Å²) in [5.74, 6) is 0.441. The summed E-state index contributed by atoms with van der Waals surface area (Å²) in [6.45, 7) is 4.88. The smallest absolute Gasteiger partial charge is 0.269 e. The van der Waals surface area contributed by atoms with Gasteiger partial charge < -0.3 is 10.2 Å². The maximum atomic E-state index is 13.6. The summed E-state index contributed by atoms with van der Waals surface area (Å²) in [5.41, 5.74) is 3.98. The SMILES string of the molecule is CCCNC(=O)[C@@H](Cc1ccccc1)N(Cc1cccc(C)c1)C(=O)CSCc1ccc([N+](=O)[O-])cc1. The van der Waals surface area contributed by atoms with Crippen molar-refractivity contribution in [2.24, 2.45) is 0 Å². The number of thioether (sulfide) groups is 1. The van der Waals surface area contributed by atoms with E-state index in [9.17, 15) is 19.7 Å². The number of amides is 2. The van der Waals surface area contributed by atoms with Crippen molar-refractivity contribution in [3.8, 4) is 0 Å². The van der Waals surface area contributed by atoms with Crippen molar-refractivity contribution in [3.05, 3.63) is 111 Å². The minimum atomic E-state index is -0.651. The van der Waals surface area contributed by atoms with Crippen molar-refractivity contribution in [1.29, 1.82) is 0 Å². The molecule has 0 saturated heterocycles. The largest absolute Gasteiger partial charge is 0.354 e. The van der Waals surface area contributed by atoms with E-state index in [0.717, 1.165) is 28.7 Å². The molecule has 0 radical (unpaired) electrons. The Balaban J connectivity index is 1.80. The summed E-state index contributed by atoms with van der Waals surface area (Å²) in [7, 11) is 0. The number of nitrogens with one attached hydrogen (secondary N) is 1. The first-order valence-electron chi connectivity index (χ1n) is 12.3. The van der Waals surface area contributed by atoms with Crippen molar-refractivity contribution in [3.63, 3.8) is 0 Å². The van der Waals surface area contributed by atoms with Crippen LogP contribution in [-0.2, 0) is 28.3 Å². The van der Waals surface area contributed by atoms with Gasteiger partial charge in [-0.3, -0.25) is 19.7 Å². The van der Waals surface area contributed by atoms with Gasteiger partial charge in [0.15, 0.2) is 0 Å². The Bertz CT molecular complexity index is 1190. The van der Waals surface area contributed by atoms with Crippen LogP contribution in [0.4, 0.5) is 5.69 Å². The zero-order valence-electron chi connectivity index (χ0n) is 21.3.